The fraction of sp³-hybridized carbons (Fsp3) is 0.308. The lowest BCUT2D eigenvalue weighted by Gasteiger charge is -2.36. The van der Waals surface area contributed by atoms with Crippen LogP contribution in [-0.2, 0) is 4.79 Å². The summed E-state index contributed by atoms with van der Waals surface area (Å²) in [5.41, 5.74) is 8.57. The van der Waals surface area contributed by atoms with Crippen LogP contribution in [0.1, 0.15) is 54.2 Å². The first-order valence-corrected chi connectivity index (χ1v) is 11.2. The molecular weight excluding hydrogens is 416 g/mol. The van der Waals surface area contributed by atoms with Crippen LogP contribution >= 0.6 is 0 Å². The number of aromatic nitrogens is 2. The molecular formula is C26H26N4O3. The number of likely N-dealkylation sites (tertiary alicyclic amines) is 1. The van der Waals surface area contributed by atoms with Crippen LogP contribution < -0.4 is 10.5 Å². The summed E-state index contributed by atoms with van der Waals surface area (Å²) in [6, 6.07) is 15.1. The summed E-state index contributed by atoms with van der Waals surface area (Å²) < 4.78 is 6.13. The van der Waals surface area contributed by atoms with Crippen molar-refractivity contribution in [3.63, 3.8) is 0 Å². The van der Waals surface area contributed by atoms with E-state index in [4.69, 9.17) is 15.5 Å². The largest absolute Gasteiger partial charge is 0.438 e. The van der Waals surface area contributed by atoms with Gasteiger partial charge in [0.25, 0.3) is 5.91 Å². The Labute approximate surface area is 192 Å². The van der Waals surface area contributed by atoms with E-state index in [0.717, 1.165) is 42.6 Å². The number of hydrogen-bond donors (Lipinski definition) is 1. The van der Waals surface area contributed by atoms with Crippen molar-refractivity contribution < 1.29 is 14.3 Å². The number of fused-ring (bicyclic) bond motifs is 2. The summed E-state index contributed by atoms with van der Waals surface area (Å²) in [5, 5.41) is 0. The summed E-state index contributed by atoms with van der Waals surface area (Å²) >= 11 is 0. The average Bonchev–Trinajstić information content (AvgIpc) is 3.36. The first-order valence-electron chi connectivity index (χ1n) is 11.2. The Balaban J connectivity index is 1.50. The number of amides is 2. The summed E-state index contributed by atoms with van der Waals surface area (Å²) in [7, 11) is 0. The highest BCUT2D eigenvalue weighted by Crippen LogP contribution is 2.51. The molecule has 7 nitrogen and oxygen atoms in total. The normalized spacial score (nSPS) is 17.2. The van der Waals surface area contributed by atoms with E-state index in [0.29, 0.717) is 23.0 Å². The van der Waals surface area contributed by atoms with Crippen molar-refractivity contribution in [2.24, 2.45) is 11.1 Å². The van der Waals surface area contributed by atoms with Crippen LogP contribution in [0.25, 0.3) is 11.3 Å². The van der Waals surface area contributed by atoms with Crippen molar-refractivity contribution in [1.29, 1.82) is 0 Å². The van der Waals surface area contributed by atoms with Gasteiger partial charge in [-0.3, -0.25) is 14.6 Å². The Bertz CT molecular complexity index is 1230. The Hall–Kier alpha value is -3.74. The minimum absolute atomic E-state index is 0.0334. The molecule has 2 aromatic heterocycles. The zero-order chi connectivity index (χ0) is 23.2. The van der Waals surface area contributed by atoms with Gasteiger partial charge in [-0.1, -0.05) is 38.1 Å². The van der Waals surface area contributed by atoms with Crippen molar-refractivity contribution in [1.82, 2.24) is 14.9 Å². The molecule has 0 aliphatic carbocycles. The molecule has 0 saturated carbocycles. The standard InChI is InChI=1S/C26H26N4O3/c1-26(2,25(27)32)22-17-7-3-4-8-21(17)33-23-18(22)10-12-19(29-23)16-9-11-20(28-15-16)24(31)30-13-5-6-14-30/h3-4,7-12,15,22H,5-6,13-14H2,1-2H3,(H2,27,32). The number of rotatable bonds is 4. The molecule has 33 heavy (non-hydrogen) atoms. The summed E-state index contributed by atoms with van der Waals surface area (Å²) in [6.07, 6.45) is 3.75. The predicted octanol–water partition coefficient (Wildman–Crippen LogP) is 4.13. The third-order valence-electron chi connectivity index (χ3n) is 6.67. The highest BCUT2D eigenvalue weighted by atomic mass is 16.5. The van der Waals surface area contributed by atoms with Gasteiger partial charge in [0.1, 0.15) is 11.4 Å². The van der Waals surface area contributed by atoms with Crippen LogP contribution in [-0.4, -0.2) is 39.8 Å². The number of carbonyl (C=O) groups is 2. The highest BCUT2D eigenvalue weighted by molar-refractivity contribution is 5.92. The van der Waals surface area contributed by atoms with Crippen molar-refractivity contribution in [3.05, 3.63) is 71.5 Å². The Morgan fingerprint density at radius 3 is 2.48 bits per heavy atom. The van der Waals surface area contributed by atoms with Gasteiger partial charge < -0.3 is 15.4 Å². The molecule has 2 aliphatic heterocycles. The number of carbonyl (C=O) groups excluding carboxylic acids is 2. The topological polar surface area (TPSA) is 98.4 Å². The van der Waals surface area contributed by atoms with Gasteiger partial charge in [0.05, 0.1) is 11.1 Å². The first-order chi connectivity index (χ1) is 15.9. The number of ether oxygens (including phenoxy) is 1. The van der Waals surface area contributed by atoms with Gasteiger partial charge in [0, 0.05) is 41.9 Å². The van der Waals surface area contributed by atoms with E-state index < -0.39 is 5.41 Å². The van der Waals surface area contributed by atoms with Gasteiger partial charge in [-0.15, -0.1) is 0 Å². The maximum Gasteiger partial charge on any atom is 0.272 e. The minimum Gasteiger partial charge on any atom is -0.438 e. The average molecular weight is 443 g/mol. The van der Waals surface area contributed by atoms with Gasteiger partial charge >= 0.3 is 0 Å². The summed E-state index contributed by atoms with van der Waals surface area (Å²) in [4.78, 5) is 35.9. The molecule has 1 saturated heterocycles. The molecule has 4 heterocycles. The molecule has 1 aromatic carbocycles. The Morgan fingerprint density at radius 1 is 1.03 bits per heavy atom. The smallest absolute Gasteiger partial charge is 0.272 e. The van der Waals surface area contributed by atoms with E-state index in [1.165, 1.54) is 0 Å². The highest BCUT2D eigenvalue weighted by Gasteiger charge is 2.43. The zero-order valence-corrected chi connectivity index (χ0v) is 18.7. The molecule has 2 N–H and O–H groups in total. The predicted molar refractivity (Wildman–Crippen MR) is 124 cm³/mol. The van der Waals surface area contributed by atoms with E-state index in [2.05, 4.69) is 4.98 Å². The van der Waals surface area contributed by atoms with Gasteiger partial charge in [0.2, 0.25) is 11.8 Å². The van der Waals surface area contributed by atoms with E-state index in [1.807, 2.05) is 61.2 Å². The van der Waals surface area contributed by atoms with Crippen molar-refractivity contribution in [2.75, 3.05) is 13.1 Å². The number of primary amides is 1. The summed E-state index contributed by atoms with van der Waals surface area (Å²) in [6.45, 7) is 5.27. The van der Waals surface area contributed by atoms with Crippen LogP contribution in [0.4, 0.5) is 0 Å². The first kappa shape index (κ1) is 21.1. The number of nitrogens with zero attached hydrogens (tertiary/aromatic N) is 3. The molecule has 2 aliphatic rings. The third kappa shape index (κ3) is 3.63. The SMILES string of the molecule is CC(C)(C(N)=O)C1c2ccccc2Oc2nc(-c3ccc(C(=O)N4CCCC4)nc3)ccc21. The van der Waals surface area contributed by atoms with Crippen LogP contribution in [0.15, 0.2) is 54.7 Å². The van der Waals surface area contributed by atoms with Crippen LogP contribution in [0.3, 0.4) is 0 Å². The lowest BCUT2D eigenvalue weighted by atomic mass is 9.70. The molecule has 1 unspecified atom stereocenters. The molecule has 0 spiro atoms. The summed E-state index contributed by atoms with van der Waals surface area (Å²) in [5.74, 6) is 0.409. The molecule has 0 radical (unpaired) electrons. The van der Waals surface area contributed by atoms with E-state index in [-0.39, 0.29) is 17.7 Å². The van der Waals surface area contributed by atoms with E-state index in [1.54, 1.807) is 12.3 Å². The third-order valence-corrected chi connectivity index (χ3v) is 6.67. The van der Waals surface area contributed by atoms with Gasteiger partial charge in [-0.2, -0.15) is 0 Å². The number of para-hydroxylation sites is 1. The van der Waals surface area contributed by atoms with Crippen molar-refractivity contribution in [2.45, 2.75) is 32.6 Å². The maximum atomic E-state index is 12.6. The Kier molecular flexibility index (Phi) is 5.12. The van der Waals surface area contributed by atoms with Crippen LogP contribution in [0.2, 0.25) is 0 Å². The molecule has 1 fully saturated rings. The molecule has 168 valence electrons. The minimum atomic E-state index is -0.836. The molecule has 5 rings (SSSR count). The fourth-order valence-electron chi connectivity index (χ4n) is 4.67. The quantitative estimate of drug-likeness (QED) is 0.655. The molecule has 0 bridgehead atoms. The lowest BCUT2D eigenvalue weighted by molar-refractivity contribution is -0.126. The molecule has 7 heteroatoms. The van der Waals surface area contributed by atoms with Crippen LogP contribution in [0.5, 0.6) is 11.6 Å². The molecule has 3 aromatic rings. The monoisotopic (exact) mass is 442 g/mol. The van der Waals surface area contributed by atoms with Gasteiger partial charge in [-0.05, 0) is 37.1 Å². The second kappa shape index (κ2) is 7.99. The second-order valence-corrected chi connectivity index (χ2v) is 9.18. The lowest BCUT2D eigenvalue weighted by Crippen LogP contribution is -2.38. The number of pyridine rings is 2. The van der Waals surface area contributed by atoms with Gasteiger partial charge in [-0.25, -0.2) is 4.98 Å². The number of nitrogens with two attached hydrogens (primary N) is 1. The number of hydrogen-bond acceptors (Lipinski definition) is 5. The molecule has 1 atom stereocenters. The van der Waals surface area contributed by atoms with Crippen LogP contribution in [0, 0.1) is 5.41 Å². The number of benzene rings is 1. The maximum absolute atomic E-state index is 12.6. The van der Waals surface area contributed by atoms with Crippen molar-refractivity contribution in [3.8, 4) is 22.9 Å². The zero-order valence-electron chi connectivity index (χ0n) is 18.7. The Morgan fingerprint density at radius 2 is 1.79 bits per heavy atom. The molecule has 2 amide bonds. The van der Waals surface area contributed by atoms with E-state index >= 15 is 0 Å². The van der Waals surface area contributed by atoms with Crippen molar-refractivity contribution >= 4 is 11.8 Å². The van der Waals surface area contributed by atoms with Gasteiger partial charge in [0.15, 0.2) is 0 Å². The fourth-order valence-corrected chi connectivity index (χ4v) is 4.67. The second-order valence-electron chi connectivity index (χ2n) is 9.18. The van der Waals surface area contributed by atoms with E-state index in [9.17, 15) is 9.59 Å².